The number of β-amino-alcohol motifs (C(OH)–C–C–N with tert-alkyl or cyclic N) is 1. The number of aryl methyl sites for hydroxylation is 1. The van der Waals surface area contributed by atoms with E-state index in [1.54, 1.807) is 24.3 Å². The van der Waals surface area contributed by atoms with Crippen LogP contribution in [0.3, 0.4) is 0 Å². The molecule has 3 aromatic rings. The number of aliphatic hydroxyl groups excluding tert-OH is 1. The van der Waals surface area contributed by atoms with Crippen LogP contribution in [-0.4, -0.2) is 66.1 Å². The molecule has 4 rings (SSSR count). The lowest BCUT2D eigenvalue weighted by Crippen LogP contribution is -2.48. The molecular formula is C29H34ClFN2O3. The van der Waals surface area contributed by atoms with Gasteiger partial charge in [0.15, 0.2) is 5.78 Å². The lowest BCUT2D eigenvalue weighted by molar-refractivity contribution is 0.0443. The molecule has 0 amide bonds. The Morgan fingerprint density at radius 3 is 2.22 bits per heavy atom. The quantitative estimate of drug-likeness (QED) is 0.380. The fraction of sp³-hybridized carbons (Fsp3) is 0.345. The SMILES string of the molecule is Cl.O=C(CCc1ccc(F)cc1)c1ccccc1OCC(O)CN1CCN(Cc2ccccc2)CC1. The number of hydrogen-bond acceptors (Lipinski definition) is 5. The fourth-order valence-corrected chi connectivity index (χ4v) is 4.37. The van der Waals surface area contributed by atoms with Crippen LogP contribution in [0.5, 0.6) is 5.75 Å². The van der Waals surface area contributed by atoms with Crippen LogP contribution in [0.4, 0.5) is 4.39 Å². The van der Waals surface area contributed by atoms with Crippen molar-refractivity contribution in [1.29, 1.82) is 0 Å². The van der Waals surface area contributed by atoms with Crippen LogP contribution in [0.2, 0.25) is 0 Å². The van der Waals surface area contributed by atoms with Crippen LogP contribution < -0.4 is 4.74 Å². The Morgan fingerprint density at radius 2 is 1.50 bits per heavy atom. The van der Waals surface area contributed by atoms with Crippen molar-refractivity contribution in [2.45, 2.75) is 25.5 Å². The minimum atomic E-state index is -0.641. The Labute approximate surface area is 218 Å². The maximum Gasteiger partial charge on any atom is 0.166 e. The summed E-state index contributed by atoms with van der Waals surface area (Å²) in [4.78, 5) is 17.5. The highest BCUT2D eigenvalue weighted by Gasteiger charge is 2.20. The van der Waals surface area contributed by atoms with E-state index in [0.29, 0.717) is 30.7 Å². The number of piperazine rings is 1. The number of ketones is 1. The van der Waals surface area contributed by atoms with Gasteiger partial charge in [0.25, 0.3) is 0 Å². The van der Waals surface area contributed by atoms with E-state index < -0.39 is 6.10 Å². The predicted molar refractivity (Wildman–Crippen MR) is 142 cm³/mol. The summed E-state index contributed by atoms with van der Waals surface area (Å²) in [5.41, 5.74) is 2.74. The maximum atomic E-state index is 13.1. The van der Waals surface area contributed by atoms with Crippen molar-refractivity contribution < 1.29 is 19.0 Å². The summed E-state index contributed by atoms with van der Waals surface area (Å²) in [7, 11) is 0. The number of carbonyl (C=O) groups excluding carboxylic acids is 1. The van der Waals surface area contributed by atoms with E-state index in [1.807, 2.05) is 18.2 Å². The van der Waals surface area contributed by atoms with Crippen molar-refractivity contribution in [3.05, 3.63) is 101 Å². The Kier molecular flexibility index (Phi) is 10.9. The molecule has 36 heavy (non-hydrogen) atoms. The predicted octanol–water partition coefficient (Wildman–Crippen LogP) is 4.62. The standard InChI is InChI=1S/C29H33FN2O3.ClH/c30-25-13-10-23(11-14-25)12-15-28(34)27-8-4-5-9-29(27)35-22-26(33)21-32-18-16-31(17-19-32)20-24-6-2-1-3-7-24;/h1-11,13-14,26,33H,12,15-22H2;1H. The molecule has 0 bridgehead atoms. The van der Waals surface area contributed by atoms with E-state index in [1.165, 1.54) is 17.7 Å². The van der Waals surface area contributed by atoms with E-state index in [0.717, 1.165) is 38.3 Å². The lowest BCUT2D eigenvalue weighted by Gasteiger charge is -2.35. The van der Waals surface area contributed by atoms with E-state index in [9.17, 15) is 14.3 Å². The van der Waals surface area contributed by atoms with Gasteiger partial charge in [-0.25, -0.2) is 4.39 Å². The number of nitrogens with zero attached hydrogens (tertiary/aromatic N) is 2. The van der Waals surface area contributed by atoms with Gasteiger partial charge in [0.05, 0.1) is 5.56 Å². The van der Waals surface area contributed by atoms with Gasteiger partial charge in [-0.05, 0) is 41.8 Å². The van der Waals surface area contributed by atoms with Gasteiger partial charge in [0.2, 0.25) is 0 Å². The molecule has 5 nitrogen and oxygen atoms in total. The third-order valence-electron chi connectivity index (χ3n) is 6.36. The van der Waals surface area contributed by atoms with E-state index in [2.05, 4.69) is 34.1 Å². The summed E-state index contributed by atoms with van der Waals surface area (Å²) >= 11 is 0. The van der Waals surface area contributed by atoms with Gasteiger partial charge in [-0.2, -0.15) is 0 Å². The Morgan fingerprint density at radius 1 is 0.861 bits per heavy atom. The minimum Gasteiger partial charge on any atom is -0.490 e. The zero-order valence-electron chi connectivity index (χ0n) is 20.4. The zero-order valence-corrected chi connectivity index (χ0v) is 21.2. The summed E-state index contributed by atoms with van der Waals surface area (Å²) in [6.45, 7) is 5.37. The third kappa shape index (κ3) is 8.42. The molecule has 1 aliphatic rings. The number of halogens is 2. The number of carbonyl (C=O) groups is 1. The Hall–Kier alpha value is -2.77. The molecule has 1 unspecified atom stereocenters. The van der Waals surface area contributed by atoms with Crippen LogP contribution in [0.1, 0.15) is 27.9 Å². The number of aliphatic hydroxyl groups is 1. The van der Waals surface area contributed by atoms with E-state index in [-0.39, 0.29) is 30.6 Å². The molecule has 0 radical (unpaired) electrons. The molecule has 3 aromatic carbocycles. The summed E-state index contributed by atoms with van der Waals surface area (Å²) < 4.78 is 19.0. The zero-order chi connectivity index (χ0) is 24.5. The Bertz CT molecular complexity index is 1070. The van der Waals surface area contributed by atoms with Crippen LogP contribution in [-0.2, 0) is 13.0 Å². The molecule has 1 heterocycles. The van der Waals surface area contributed by atoms with Crippen molar-refractivity contribution in [1.82, 2.24) is 9.80 Å². The Balaban J connectivity index is 0.00000361. The van der Waals surface area contributed by atoms with Gasteiger partial charge in [0.1, 0.15) is 24.3 Å². The molecule has 0 saturated carbocycles. The topological polar surface area (TPSA) is 53.0 Å². The summed E-state index contributed by atoms with van der Waals surface area (Å²) in [6, 6.07) is 23.8. The van der Waals surface area contributed by atoms with Gasteiger partial charge < -0.3 is 9.84 Å². The molecular weight excluding hydrogens is 479 g/mol. The maximum absolute atomic E-state index is 13.1. The van der Waals surface area contributed by atoms with Crippen LogP contribution >= 0.6 is 12.4 Å². The van der Waals surface area contributed by atoms with Gasteiger partial charge in [-0.15, -0.1) is 12.4 Å². The third-order valence-corrected chi connectivity index (χ3v) is 6.36. The van der Waals surface area contributed by atoms with Crippen molar-refractivity contribution in [2.24, 2.45) is 0 Å². The van der Waals surface area contributed by atoms with Crippen molar-refractivity contribution in [3.63, 3.8) is 0 Å². The van der Waals surface area contributed by atoms with E-state index in [4.69, 9.17) is 4.74 Å². The van der Waals surface area contributed by atoms with Crippen molar-refractivity contribution >= 4 is 18.2 Å². The first-order valence-electron chi connectivity index (χ1n) is 12.2. The second kappa shape index (κ2) is 14.1. The first-order chi connectivity index (χ1) is 17.1. The van der Waals surface area contributed by atoms with E-state index >= 15 is 0 Å². The number of hydrogen-bond donors (Lipinski definition) is 1. The summed E-state index contributed by atoms with van der Waals surface area (Å²) in [5, 5.41) is 10.6. The molecule has 1 aliphatic heterocycles. The highest BCUT2D eigenvalue weighted by Crippen LogP contribution is 2.21. The number of Topliss-reactive ketones (excluding diaryl/α,β-unsaturated/α-hetero) is 1. The second-order valence-corrected chi connectivity index (χ2v) is 9.07. The first-order valence-corrected chi connectivity index (χ1v) is 12.2. The van der Waals surface area contributed by atoms with Crippen LogP contribution in [0, 0.1) is 5.82 Å². The van der Waals surface area contributed by atoms with Crippen molar-refractivity contribution in [3.8, 4) is 5.75 Å². The largest absolute Gasteiger partial charge is 0.490 e. The minimum absolute atomic E-state index is 0. The lowest BCUT2D eigenvalue weighted by atomic mass is 10.0. The molecule has 0 aliphatic carbocycles. The molecule has 1 saturated heterocycles. The normalized spacial score (nSPS) is 15.2. The number of rotatable bonds is 11. The highest BCUT2D eigenvalue weighted by molar-refractivity contribution is 5.98. The number of benzene rings is 3. The smallest absolute Gasteiger partial charge is 0.166 e. The van der Waals surface area contributed by atoms with Crippen LogP contribution in [0.15, 0.2) is 78.9 Å². The molecule has 0 aromatic heterocycles. The molecule has 0 spiro atoms. The first kappa shape index (κ1) is 27.8. The number of para-hydroxylation sites is 1. The fourth-order valence-electron chi connectivity index (χ4n) is 4.37. The molecule has 7 heteroatoms. The summed E-state index contributed by atoms with van der Waals surface area (Å²) in [6.07, 6.45) is 0.201. The van der Waals surface area contributed by atoms with Gasteiger partial charge in [-0.1, -0.05) is 54.6 Å². The molecule has 1 N–H and O–H groups in total. The average molecular weight is 513 g/mol. The molecule has 192 valence electrons. The number of ether oxygens (including phenoxy) is 1. The molecule has 1 atom stereocenters. The van der Waals surface area contributed by atoms with Crippen LogP contribution in [0.25, 0.3) is 0 Å². The second-order valence-electron chi connectivity index (χ2n) is 9.07. The average Bonchev–Trinajstić information content (AvgIpc) is 2.89. The van der Waals surface area contributed by atoms with Gasteiger partial charge in [-0.3, -0.25) is 14.6 Å². The van der Waals surface area contributed by atoms with Gasteiger partial charge >= 0.3 is 0 Å². The van der Waals surface area contributed by atoms with Crippen molar-refractivity contribution in [2.75, 3.05) is 39.3 Å². The highest BCUT2D eigenvalue weighted by atomic mass is 35.5. The van der Waals surface area contributed by atoms with Gasteiger partial charge in [0, 0.05) is 45.7 Å². The molecule has 1 fully saturated rings. The monoisotopic (exact) mass is 512 g/mol. The summed E-state index contributed by atoms with van der Waals surface area (Å²) in [5.74, 6) is 0.170.